The highest BCUT2D eigenvalue weighted by Crippen LogP contribution is 2.39. The number of rotatable bonds is 2. The van der Waals surface area contributed by atoms with Crippen LogP contribution in [0.3, 0.4) is 0 Å². The lowest BCUT2D eigenvalue weighted by Crippen LogP contribution is -2.30. The Balaban J connectivity index is 2.28. The zero-order chi connectivity index (χ0) is 10.7. The summed E-state index contributed by atoms with van der Waals surface area (Å²) < 4.78 is 18.5. The van der Waals surface area contributed by atoms with Crippen LogP contribution in [0.5, 0.6) is 0 Å². The molecule has 1 fully saturated rings. The normalized spacial score (nSPS) is 20.1. The van der Waals surface area contributed by atoms with E-state index < -0.39 is 0 Å². The van der Waals surface area contributed by atoms with E-state index in [2.05, 4.69) is 0 Å². The lowest BCUT2D eigenvalue weighted by molar-refractivity contribution is -0.0445. The molecule has 1 aliphatic rings. The van der Waals surface area contributed by atoms with Gasteiger partial charge in [0.2, 0.25) is 0 Å². The number of halogens is 1. The Kier molecular flexibility index (Phi) is 3.06. The Morgan fingerprint density at radius 1 is 1.07 bits per heavy atom. The van der Waals surface area contributed by atoms with Crippen LogP contribution in [0, 0.1) is 5.82 Å². The molecule has 1 aromatic rings. The molecule has 0 atom stereocenters. The zero-order valence-electron chi connectivity index (χ0n) is 9.13. The van der Waals surface area contributed by atoms with Crippen molar-refractivity contribution in [1.82, 2.24) is 0 Å². The molecule has 1 saturated carbocycles. The maximum Gasteiger partial charge on any atom is 0.123 e. The van der Waals surface area contributed by atoms with Gasteiger partial charge < -0.3 is 4.74 Å². The van der Waals surface area contributed by atoms with Crippen molar-refractivity contribution < 1.29 is 9.13 Å². The Morgan fingerprint density at radius 2 is 1.67 bits per heavy atom. The molecule has 2 heteroatoms. The van der Waals surface area contributed by atoms with Crippen LogP contribution in [0.2, 0.25) is 0 Å². The minimum absolute atomic E-state index is 0.161. The highest BCUT2D eigenvalue weighted by atomic mass is 19.1. The van der Waals surface area contributed by atoms with Crippen molar-refractivity contribution in [3.05, 3.63) is 35.6 Å². The van der Waals surface area contributed by atoms with E-state index in [-0.39, 0.29) is 11.4 Å². The van der Waals surface area contributed by atoms with Crippen molar-refractivity contribution in [2.75, 3.05) is 7.11 Å². The van der Waals surface area contributed by atoms with E-state index in [1.54, 1.807) is 7.11 Å². The lowest BCUT2D eigenvalue weighted by atomic mass is 9.79. The fourth-order valence-corrected chi connectivity index (χ4v) is 2.49. The quantitative estimate of drug-likeness (QED) is 0.721. The average Bonchev–Trinajstić information content (AvgIpc) is 2.31. The topological polar surface area (TPSA) is 9.23 Å². The summed E-state index contributed by atoms with van der Waals surface area (Å²) in [4.78, 5) is 0. The number of ether oxygens (including phenoxy) is 1. The third kappa shape index (κ3) is 2.05. The van der Waals surface area contributed by atoms with Crippen molar-refractivity contribution >= 4 is 0 Å². The molecular weight excluding hydrogens is 191 g/mol. The molecule has 0 N–H and O–H groups in total. The van der Waals surface area contributed by atoms with Crippen molar-refractivity contribution in [2.24, 2.45) is 0 Å². The highest BCUT2D eigenvalue weighted by Gasteiger charge is 2.33. The molecule has 82 valence electrons. The van der Waals surface area contributed by atoms with Gasteiger partial charge in [0, 0.05) is 7.11 Å². The van der Waals surface area contributed by atoms with Crippen LogP contribution >= 0.6 is 0 Å². The van der Waals surface area contributed by atoms with Gasteiger partial charge in [-0.05, 0) is 30.5 Å². The van der Waals surface area contributed by atoms with Crippen LogP contribution in [0.15, 0.2) is 24.3 Å². The summed E-state index contributed by atoms with van der Waals surface area (Å²) in [6.07, 6.45) is 5.78. The second kappa shape index (κ2) is 4.31. The minimum Gasteiger partial charge on any atom is -0.374 e. The van der Waals surface area contributed by atoms with Gasteiger partial charge in [-0.3, -0.25) is 0 Å². The molecule has 0 unspecified atom stereocenters. The average molecular weight is 208 g/mol. The number of hydrogen-bond donors (Lipinski definition) is 0. The molecule has 0 aliphatic heterocycles. The van der Waals surface area contributed by atoms with Crippen molar-refractivity contribution in [3.8, 4) is 0 Å². The van der Waals surface area contributed by atoms with Gasteiger partial charge >= 0.3 is 0 Å². The van der Waals surface area contributed by atoms with Crippen molar-refractivity contribution in [2.45, 2.75) is 37.7 Å². The molecule has 0 heterocycles. The molecule has 0 bridgehead atoms. The fraction of sp³-hybridized carbons (Fsp3) is 0.538. The first-order chi connectivity index (χ1) is 7.27. The third-order valence-electron chi connectivity index (χ3n) is 3.42. The van der Waals surface area contributed by atoms with Crippen LogP contribution in [0.4, 0.5) is 4.39 Å². The molecule has 0 radical (unpaired) electrons. The molecule has 0 amide bonds. The third-order valence-corrected chi connectivity index (χ3v) is 3.42. The Labute approximate surface area is 90.3 Å². The first-order valence-corrected chi connectivity index (χ1v) is 5.58. The summed E-state index contributed by atoms with van der Waals surface area (Å²) in [6, 6.07) is 6.74. The predicted molar refractivity (Wildman–Crippen MR) is 58.2 cm³/mol. The van der Waals surface area contributed by atoms with Crippen LogP contribution in [-0.2, 0) is 10.3 Å². The van der Waals surface area contributed by atoms with Gasteiger partial charge in [-0.1, -0.05) is 31.4 Å². The summed E-state index contributed by atoms with van der Waals surface area (Å²) in [5.74, 6) is -0.180. The van der Waals surface area contributed by atoms with Crippen LogP contribution in [0.25, 0.3) is 0 Å². The summed E-state index contributed by atoms with van der Waals surface area (Å²) in [5, 5.41) is 0. The SMILES string of the molecule is COC1(c2ccc(F)cc2)CCCCC1. The Hall–Kier alpha value is -0.890. The van der Waals surface area contributed by atoms with Gasteiger partial charge in [-0.15, -0.1) is 0 Å². The summed E-state index contributed by atoms with van der Waals surface area (Å²) in [6.45, 7) is 0. The van der Waals surface area contributed by atoms with Gasteiger partial charge in [0.05, 0.1) is 5.60 Å². The number of hydrogen-bond acceptors (Lipinski definition) is 1. The number of methoxy groups -OCH3 is 1. The van der Waals surface area contributed by atoms with Gasteiger partial charge in [0.15, 0.2) is 0 Å². The smallest absolute Gasteiger partial charge is 0.123 e. The summed E-state index contributed by atoms with van der Waals surface area (Å²) in [7, 11) is 1.76. The van der Waals surface area contributed by atoms with Crippen molar-refractivity contribution in [3.63, 3.8) is 0 Å². The van der Waals surface area contributed by atoms with Gasteiger partial charge in [0.1, 0.15) is 5.82 Å². The summed E-state index contributed by atoms with van der Waals surface area (Å²) in [5.41, 5.74) is 0.956. The predicted octanol–water partition coefficient (Wildman–Crippen LogP) is 3.63. The molecule has 2 rings (SSSR count). The van der Waals surface area contributed by atoms with E-state index in [1.165, 1.54) is 31.4 Å². The first-order valence-electron chi connectivity index (χ1n) is 5.58. The first kappa shape index (κ1) is 10.6. The Bertz CT molecular complexity index is 312. The lowest BCUT2D eigenvalue weighted by Gasteiger charge is -2.36. The van der Waals surface area contributed by atoms with Gasteiger partial charge in [0.25, 0.3) is 0 Å². The maximum absolute atomic E-state index is 12.8. The number of benzene rings is 1. The van der Waals surface area contributed by atoms with Crippen LogP contribution in [0.1, 0.15) is 37.7 Å². The molecule has 1 nitrogen and oxygen atoms in total. The molecule has 0 aromatic heterocycles. The van der Waals surface area contributed by atoms with Crippen molar-refractivity contribution in [1.29, 1.82) is 0 Å². The van der Waals surface area contributed by atoms with E-state index in [9.17, 15) is 4.39 Å². The largest absolute Gasteiger partial charge is 0.374 e. The molecule has 1 aromatic carbocycles. The van der Waals surface area contributed by atoms with Gasteiger partial charge in [-0.2, -0.15) is 0 Å². The van der Waals surface area contributed by atoms with E-state index >= 15 is 0 Å². The second-order valence-corrected chi connectivity index (χ2v) is 4.27. The minimum atomic E-state index is -0.180. The monoisotopic (exact) mass is 208 g/mol. The Morgan fingerprint density at radius 3 is 2.20 bits per heavy atom. The van der Waals surface area contributed by atoms with Gasteiger partial charge in [-0.25, -0.2) is 4.39 Å². The van der Waals surface area contributed by atoms with E-state index in [0.29, 0.717) is 0 Å². The second-order valence-electron chi connectivity index (χ2n) is 4.27. The molecule has 15 heavy (non-hydrogen) atoms. The van der Waals surface area contributed by atoms with Crippen LogP contribution in [-0.4, -0.2) is 7.11 Å². The molecule has 0 spiro atoms. The molecular formula is C13H17FO. The molecule has 0 saturated heterocycles. The molecule has 1 aliphatic carbocycles. The maximum atomic E-state index is 12.8. The standard InChI is InChI=1S/C13H17FO/c1-15-13(9-3-2-4-10-13)11-5-7-12(14)8-6-11/h5-8H,2-4,9-10H2,1H3. The highest BCUT2D eigenvalue weighted by molar-refractivity contribution is 5.23. The van der Waals surface area contributed by atoms with Crippen LogP contribution < -0.4 is 0 Å². The summed E-state index contributed by atoms with van der Waals surface area (Å²) >= 11 is 0. The zero-order valence-corrected chi connectivity index (χ0v) is 9.13. The van der Waals surface area contributed by atoms with E-state index in [4.69, 9.17) is 4.74 Å². The van der Waals surface area contributed by atoms with E-state index in [1.807, 2.05) is 12.1 Å². The van der Waals surface area contributed by atoms with E-state index in [0.717, 1.165) is 18.4 Å². The fourth-order valence-electron chi connectivity index (χ4n) is 2.49.